The lowest BCUT2D eigenvalue weighted by atomic mass is 10.1. The predicted molar refractivity (Wildman–Crippen MR) is 91.5 cm³/mol. The number of hydrogen-bond acceptors (Lipinski definition) is 4. The minimum atomic E-state index is -0.00395. The summed E-state index contributed by atoms with van der Waals surface area (Å²) in [6.07, 6.45) is 3.91. The molecule has 2 aromatic rings. The third kappa shape index (κ3) is 3.01. The number of nitrogens with zero attached hydrogens (tertiary/aromatic N) is 3. The van der Waals surface area contributed by atoms with Gasteiger partial charge in [0.05, 0.1) is 36.1 Å². The van der Waals surface area contributed by atoms with E-state index < -0.39 is 0 Å². The first-order chi connectivity index (χ1) is 12.3. The molecule has 0 spiro atoms. The maximum atomic E-state index is 12.9. The van der Waals surface area contributed by atoms with Gasteiger partial charge in [-0.25, -0.2) is 0 Å². The summed E-state index contributed by atoms with van der Waals surface area (Å²) in [6, 6.07) is 14.9. The lowest BCUT2D eigenvalue weighted by molar-refractivity contribution is 0.0144. The first-order valence-corrected chi connectivity index (χ1v) is 8.59. The van der Waals surface area contributed by atoms with Crippen LogP contribution in [0.4, 0.5) is 0 Å². The summed E-state index contributed by atoms with van der Waals surface area (Å²) in [7, 11) is 0. The Morgan fingerprint density at radius 3 is 3.00 bits per heavy atom. The SMILES string of the molecule is N#Cc1cccc(C(=O)N2C[C@H]3CC[C@H]2[C@@H]3OCc2ccccn2)c1. The van der Waals surface area contributed by atoms with Crippen molar-refractivity contribution in [2.24, 2.45) is 5.92 Å². The standard InChI is InChI=1S/C20H19N3O2/c21-11-14-4-3-5-15(10-14)20(24)23-12-16-7-8-18(23)19(16)25-13-17-6-1-2-9-22-17/h1-6,9-10,16,18-19H,7-8,12-13H2/t16-,18+,19-/m1/s1. The highest BCUT2D eigenvalue weighted by molar-refractivity contribution is 5.95. The van der Waals surface area contributed by atoms with Crippen LogP contribution in [0.25, 0.3) is 0 Å². The van der Waals surface area contributed by atoms with Crippen LogP contribution < -0.4 is 0 Å². The third-order valence-electron chi connectivity index (χ3n) is 5.16. The molecular weight excluding hydrogens is 314 g/mol. The Bertz CT molecular complexity index is 815. The quantitative estimate of drug-likeness (QED) is 0.863. The van der Waals surface area contributed by atoms with Crippen LogP contribution in [-0.2, 0) is 11.3 Å². The van der Waals surface area contributed by atoms with Gasteiger partial charge in [0.1, 0.15) is 0 Å². The van der Waals surface area contributed by atoms with E-state index in [4.69, 9.17) is 10.00 Å². The van der Waals surface area contributed by atoms with Gasteiger partial charge in [-0.1, -0.05) is 12.1 Å². The van der Waals surface area contributed by atoms with Gasteiger partial charge in [-0.05, 0) is 43.2 Å². The van der Waals surface area contributed by atoms with Crippen LogP contribution in [0.1, 0.15) is 34.5 Å². The van der Waals surface area contributed by atoms with Crippen LogP contribution in [0.3, 0.4) is 0 Å². The van der Waals surface area contributed by atoms with E-state index in [1.165, 1.54) is 0 Å². The zero-order valence-electron chi connectivity index (χ0n) is 13.8. The molecule has 0 N–H and O–H groups in total. The van der Waals surface area contributed by atoms with Crippen LogP contribution in [0.5, 0.6) is 0 Å². The molecule has 1 aliphatic carbocycles. The maximum Gasteiger partial charge on any atom is 0.254 e. The highest BCUT2D eigenvalue weighted by Crippen LogP contribution is 2.40. The number of carbonyl (C=O) groups is 1. The monoisotopic (exact) mass is 333 g/mol. The summed E-state index contributed by atoms with van der Waals surface area (Å²) in [5, 5.41) is 9.03. The molecule has 1 aliphatic heterocycles. The van der Waals surface area contributed by atoms with E-state index in [0.29, 0.717) is 23.7 Å². The Morgan fingerprint density at radius 1 is 1.28 bits per heavy atom. The van der Waals surface area contributed by atoms with Gasteiger partial charge in [0.25, 0.3) is 5.91 Å². The van der Waals surface area contributed by atoms with Gasteiger partial charge < -0.3 is 9.64 Å². The molecule has 3 atom stereocenters. The molecule has 2 aliphatic rings. The number of hydrogen-bond donors (Lipinski definition) is 0. The van der Waals surface area contributed by atoms with Crippen molar-refractivity contribution in [3.8, 4) is 6.07 Å². The Balaban J connectivity index is 1.46. The number of piperidine rings is 1. The number of nitriles is 1. The number of amides is 1. The van der Waals surface area contributed by atoms with Crippen molar-refractivity contribution in [3.05, 3.63) is 65.5 Å². The topological polar surface area (TPSA) is 66.2 Å². The van der Waals surface area contributed by atoms with Gasteiger partial charge in [-0.15, -0.1) is 0 Å². The van der Waals surface area contributed by atoms with Gasteiger partial charge in [0.2, 0.25) is 0 Å². The molecule has 0 unspecified atom stereocenters. The maximum absolute atomic E-state index is 12.9. The Hall–Kier alpha value is -2.71. The first-order valence-electron chi connectivity index (χ1n) is 8.59. The van der Waals surface area contributed by atoms with E-state index in [0.717, 1.165) is 25.1 Å². The molecule has 2 fully saturated rings. The summed E-state index contributed by atoms with van der Waals surface area (Å²) >= 11 is 0. The number of aromatic nitrogens is 1. The van der Waals surface area contributed by atoms with Crippen molar-refractivity contribution in [2.45, 2.75) is 31.6 Å². The molecule has 126 valence electrons. The minimum Gasteiger partial charge on any atom is -0.369 e. The predicted octanol–water partition coefficient (Wildman–Crippen LogP) is 2.77. The average Bonchev–Trinajstić information content (AvgIpc) is 3.23. The lowest BCUT2D eigenvalue weighted by Crippen LogP contribution is -2.40. The van der Waals surface area contributed by atoms with Crippen molar-refractivity contribution in [3.63, 3.8) is 0 Å². The molecule has 25 heavy (non-hydrogen) atoms. The van der Waals surface area contributed by atoms with Crippen molar-refractivity contribution in [2.75, 3.05) is 6.54 Å². The minimum absolute atomic E-state index is 0.00395. The number of benzene rings is 1. The van der Waals surface area contributed by atoms with Gasteiger partial charge in [-0.2, -0.15) is 5.26 Å². The van der Waals surface area contributed by atoms with Gasteiger partial charge in [0, 0.05) is 24.2 Å². The van der Waals surface area contributed by atoms with Gasteiger partial charge >= 0.3 is 0 Å². The molecule has 1 saturated carbocycles. The smallest absolute Gasteiger partial charge is 0.254 e. The van der Waals surface area contributed by atoms with E-state index in [9.17, 15) is 4.79 Å². The van der Waals surface area contributed by atoms with Gasteiger partial charge in [-0.3, -0.25) is 9.78 Å². The second kappa shape index (κ2) is 6.66. The van der Waals surface area contributed by atoms with Crippen LogP contribution >= 0.6 is 0 Å². The molecule has 1 aromatic heterocycles. The summed E-state index contributed by atoms with van der Waals surface area (Å²) in [4.78, 5) is 19.1. The van der Waals surface area contributed by atoms with E-state index >= 15 is 0 Å². The van der Waals surface area contributed by atoms with E-state index in [2.05, 4.69) is 11.1 Å². The van der Waals surface area contributed by atoms with Crippen LogP contribution in [0, 0.1) is 17.2 Å². The largest absolute Gasteiger partial charge is 0.369 e. The number of ether oxygens (including phenoxy) is 1. The zero-order valence-corrected chi connectivity index (χ0v) is 13.8. The van der Waals surface area contributed by atoms with Gasteiger partial charge in [0.15, 0.2) is 0 Å². The summed E-state index contributed by atoms with van der Waals surface area (Å²) in [5.74, 6) is 0.382. The summed E-state index contributed by atoms with van der Waals surface area (Å²) in [5.41, 5.74) is 2.00. The van der Waals surface area contributed by atoms with E-state index in [1.807, 2.05) is 23.1 Å². The summed E-state index contributed by atoms with van der Waals surface area (Å²) in [6.45, 7) is 1.21. The molecule has 1 aromatic carbocycles. The van der Waals surface area contributed by atoms with Crippen molar-refractivity contribution in [1.29, 1.82) is 5.26 Å². The number of likely N-dealkylation sites (tertiary alicyclic amines) is 1. The number of rotatable bonds is 4. The number of carbonyl (C=O) groups excluding carboxylic acids is 1. The highest BCUT2D eigenvalue weighted by Gasteiger charge is 2.49. The lowest BCUT2D eigenvalue weighted by Gasteiger charge is -2.27. The molecule has 1 saturated heterocycles. The molecule has 2 bridgehead atoms. The molecule has 0 radical (unpaired) electrons. The van der Waals surface area contributed by atoms with Crippen molar-refractivity contribution < 1.29 is 9.53 Å². The van der Waals surface area contributed by atoms with Crippen molar-refractivity contribution >= 4 is 5.91 Å². The molecule has 5 nitrogen and oxygen atoms in total. The Labute approximate surface area is 146 Å². The zero-order chi connectivity index (χ0) is 17.2. The van der Waals surface area contributed by atoms with Crippen LogP contribution in [-0.4, -0.2) is 34.5 Å². The second-order valence-electron chi connectivity index (χ2n) is 6.65. The fraction of sp³-hybridized carbons (Fsp3) is 0.350. The number of fused-ring (bicyclic) bond motifs is 2. The number of pyridine rings is 1. The van der Waals surface area contributed by atoms with Crippen LogP contribution in [0.15, 0.2) is 48.7 Å². The van der Waals surface area contributed by atoms with Crippen molar-refractivity contribution in [1.82, 2.24) is 9.88 Å². The Morgan fingerprint density at radius 2 is 2.20 bits per heavy atom. The normalized spacial score (nSPS) is 24.3. The Kier molecular flexibility index (Phi) is 4.21. The molecule has 2 heterocycles. The fourth-order valence-electron chi connectivity index (χ4n) is 3.98. The summed E-state index contributed by atoms with van der Waals surface area (Å²) < 4.78 is 6.13. The second-order valence-corrected chi connectivity index (χ2v) is 6.65. The molecule has 1 amide bonds. The van der Waals surface area contributed by atoms with E-state index in [1.54, 1.807) is 30.5 Å². The van der Waals surface area contributed by atoms with Crippen LogP contribution in [0.2, 0.25) is 0 Å². The average molecular weight is 333 g/mol. The molecular formula is C20H19N3O2. The fourth-order valence-corrected chi connectivity index (χ4v) is 3.98. The first kappa shape index (κ1) is 15.8. The molecule has 5 heteroatoms. The highest BCUT2D eigenvalue weighted by atomic mass is 16.5. The third-order valence-corrected chi connectivity index (χ3v) is 5.16. The van der Waals surface area contributed by atoms with E-state index in [-0.39, 0.29) is 18.1 Å². The molecule has 4 rings (SSSR count).